The summed E-state index contributed by atoms with van der Waals surface area (Å²) >= 11 is 0. The van der Waals surface area contributed by atoms with E-state index in [0.717, 1.165) is 37.6 Å². The molecule has 29 heavy (non-hydrogen) atoms. The number of pyridine rings is 1. The molecule has 0 N–H and O–H groups in total. The van der Waals surface area contributed by atoms with Gasteiger partial charge in [0.2, 0.25) is 5.91 Å². The van der Waals surface area contributed by atoms with Crippen molar-refractivity contribution in [2.75, 3.05) is 33.2 Å². The Labute approximate surface area is 168 Å². The number of nitrogens with zero attached hydrogens (tertiary/aromatic N) is 6. The fourth-order valence-corrected chi connectivity index (χ4v) is 4.08. The lowest BCUT2D eigenvalue weighted by atomic mass is 10.0. The van der Waals surface area contributed by atoms with Crippen LogP contribution in [0.2, 0.25) is 0 Å². The van der Waals surface area contributed by atoms with Crippen LogP contribution in [0.5, 0.6) is 0 Å². The molecule has 2 aromatic heterocycles. The summed E-state index contributed by atoms with van der Waals surface area (Å²) in [5.74, 6) is 0.173. The van der Waals surface area contributed by atoms with E-state index in [2.05, 4.69) is 21.8 Å². The van der Waals surface area contributed by atoms with Crippen LogP contribution in [0.1, 0.15) is 23.7 Å². The van der Waals surface area contributed by atoms with Crippen molar-refractivity contribution < 1.29 is 9.18 Å². The van der Waals surface area contributed by atoms with Crippen LogP contribution >= 0.6 is 0 Å². The third-order valence-corrected chi connectivity index (χ3v) is 5.74. The number of rotatable bonds is 2. The highest BCUT2D eigenvalue weighted by Crippen LogP contribution is 2.30. The molecule has 5 rings (SSSR count). The minimum Gasteiger partial charge on any atom is -0.368 e. The number of likely N-dealkylation sites (N-methyl/N-ethyl adjacent to an activating group) is 1. The highest BCUT2D eigenvalue weighted by atomic mass is 19.1. The van der Waals surface area contributed by atoms with E-state index in [4.69, 9.17) is 4.99 Å². The Morgan fingerprint density at radius 1 is 1.14 bits per heavy atom. The summed E-state index contributed by atoms with van der Waals surface area (Å²) in [7, 11) is 2.12. The second-order valence-corrected chi connectivity index (χ2v) is 7.88. The lowest BCUT2D eigenvalue weighted by Gasteiger charge is -2.37. The summed E-state index contributed by atoms with van der Waals surface area (Å²) in [6, 6.07) is 1.04. The number of aromatic nitrogens is 2. The number of aliphatic imine (C=N–C) groups is 1. The Morgan fingerprint density at radius 2 is 1.93 bits per heavy atom. The van der Waals surface area contributed by atoms with Gasteiger partial charge in [-0.3, -0.25) is 14.7 Å². The average Bonchev–Trinajstić information content (AvgIpc) is 3.09. The van der Waals surface area contributed by atoms with E-state index in [0.29, 0.717) is 17.0 Å². The lowest BCUT2D eigenvalue weighted by molar-refractivity contribution is -0.126. The third kappa shape index (κ3) is 3.23. The zero-order chi connectivity index (χ0) is 20.1. The van der Waals surface area contributed by atoms with Crippen LogP contribution in [-0.4, -0.2) is 69.1 Å². The smallest absolute Gasteiger partial charge is 0.234 e. The van der Waals surface area contributed by atoms with Crippen molar-refractivity contribution in [3.05, 3.63) is 59.6 Å². The minimum atomic E-state index is -0.404. The molecule has 1 unspecified atom stereocenters. The van der Waals surface area contributed by atoms with Crippen LogP contribution in [-0.2, 0) is 4.79 Å². The molecule has 0 spiro atoms. The number of amides is 1. The molecule has 0 saturated carbocycles. The van der Waals surface area contributed by atoms with E-state index in [1.165, 1.54) is 6.07 Å². The first-order valence-corrected chi connectivity index (χ1v) is 9.86. The second-order valence-electron chi connectivity index (χ2n) is 7.88. The number of allylic oxidation sites excluding steroid dienone is 1. The summed E-state index contributed by atoms with van der Waals surface area (Å²) < 4.78 is 16.1. The molecule has 0 aromatic carbocycles. The molecule has 0 bridgehead atoms. The van der Waals surface area contributed by atoms with Gasteiger partial charge < -0.3 is 14.2 Å². The number of hydrogen-bond donors (Lipinski definition) is 0. The number of fused-ring (bicyclic) bond motifs is 2. The first-order valence-electron chi connectivity index (χ1n) is 9.86. The van der Waals surface area contributed by atoms with Gasteiger partial charge in [-0.1, -0.05) is 0 Å². The van der Waals surface area contributed by atoms with Gasteiger partial charge in [0.25, 0.3) is 0 Å². The fraction of sp³-hybridized carbons (Fsp3) is 0.381. The molecule has 1 saturated heterocycles. The quantitative estimate of drug-likeness (QED) is 0.783. The Bertz CT molecular complexity index is 1080. The van der Waals surface area contributed by atoms with E-state index >= 15 is 0 Å². The van der Waals surface area contributed by atoms with Crippen LogP contribution in [0.3, 0.4) is 0 Å². The highest BCUT2D eigenvalue weighted by Gasteiger charge is 2.31. The normalized spacial score (nSPS) is 22.7. The molecular weight excluding hydrogens is 371 g/mol. The number of carbonyl (C=O) groups excluding carboxylic acids is 1. The lowest BCUT2D eigenvalue weighted by Crippen LogP contribution is -2.45. The Morgan fingerprint density at radius 3 is 2.72 bits per heavy atom. The molecule has 0 radical (unpaired) electrons. The van der Waals surface area contributed by atoms with Crippen molar-refractivity contribution in [3.8, 4) is 0 Å². The first kappa shape index (κ1) is 18.1. The Balaban J connectivity index is 1.43. The number of amidine groups is 1. The van der Waals surface area contributed by atoms with Crippen molar-refractivity contribution in [2.24, 2.45) is 4.99 Å². The number of piperazine rings is 1. The van der Waals surface area contributed by atoms with Crippen molar-refractivity contribution in [1.82, 2.24) is 24.1 Å². The Hall–Kier alpha value is -3.00. The molecule has 1 amide bonds. The topological polar surface area (TPSA) is 56.5 Å². The van der Waals surface area contributed by atoms with Crippen LogP contribution in [0.15, 0.2) is 47.5 Å². The average molecular weight is 394 g/mol. The zero-order valence-corrected chi connectivity index (χ0v) is 16.5. The van der Waals surface area contributed by atoms with Gasteiger partial charge >= 0.3 is 0 Å². The maximum atomic E-state index is 14.5. The summed E-state index contributed by atoms with van der Waals surface area (Å²) in [5, 5.41) is 0. The van der Waals surface area contributed by atoms with E-state index in [1.807, 2.05) is 31.5 Å². The zero-order valence-electron chi connectivity index (χ0n) is 16.5. The summed E-state index contributed by atoms with van der Waals surface area (Å²) in [6.07, 6.45) is 9.58. The maximum Gasteiger partial charge on any atom is 0.234 e. The van der Waals surface area contributed by atoms with Crippen LogP contribution < -0.4 is 0 Å². The predicted molar refractivity (Wildman–Crippen MR) is 108 cm³/mol. The van der Waals surface area contributed by atoms with Crippen molar-refractivity contribution >= 4 is 17.4 Å². The number of carbonyl (C=O) groups is 1. The molecule has 2 aromatic rings. The van der Waals surface area contributed by atoms with E-state index in [-0.39, 0.29) is 12.3 Å². The number of imidazole rings is 1. The van der Waals surface area contributed by atoms with E-state index < -0.39 is 11.9 Å². The summed E-state index contributed by atoms with van der Waals surface area (Å²) in [5.41, 5.74) is 2.75. The molecule has 3 aliphatic heterocycles. The summed E-state index contributed by atoms with van der Waals surface area (Å²) in [6.45, 7) is 5.71. The van der Waals surface area contributed by atoms with E-state index in [1.54, 1.807) is 15.5 Å². The molecule has 1 fully saturated rings. The van der Waals surface area contributed by atoms with Crippen molar-refractivity contribution in [1.29, 1.82) is 0 Å². The molecule has 150 valence electrons. The largest absolute Gasteiger partial charge is 0.368 e. The minimum absolute atomic E-state index is 0.0294. The van der Waals surface area contributed by atoms with Gasteiger partial charge in [-0.2, -0.15) is 0 Å². The van der Waals surface area contributed by atoms with Gasteiger partial charge in [-0.25, -0.2) is 9.37 Å². The number of halogens is 1. The summed E-state index contributed by atoms with van der Waals surface area (Å²) in [4.78, 5) is 28.0. The van der Waals surface area contributed by atoms with Gasteiger partial charge in [0.15, 0.2) is 11.5 Å². The highest BCUT2D eigenvalue weighted by molar-refractivity contribution is 6.08. The van der Waals surface area contributed by atoms with Gasteiger partial charge in [-0.15, -0.1) is 0 Å². The number of hydrogen-bond acceptors (Lipinski definition) is 5. The van der Waals surface area contributed by atoms with Gasteiger partial charge in [0.1, 0.15) is 5.84 Å². The molecule has 5 heterocycles. The SMILES string of the molecule is Cc1cn2cc(C3CC(=O)N4C=C(N5CCN(C)CC5)C=CC4=N3)cc(F)c2n1. The first-order chi connectivity index (χ1) is 14.0. The Kier molecular flexibility index (Phi) is 4.24. The molecule has 1 atom stereocenters. The fourth-order valence-electron chi connectivity index (χ4n) is 4.08. The van der Waals surface area contributed by atoms with Crippen LogP contribution in [0.25, 0.3) is 5.65 Å². The molecule has 7 nitrogen and oxygen atoms in total. The third-order valence-electron chi connectivity index (χ3n) is 5.74. The van der Waals surface area contributed by atoms with Crippen LogP contribution in [0, 0.1) is 12.7 Å². The van der Waals surface area contributed by atoms with Gasteiger partial charge in [-0.05, 0) is 37.8 Å². The van der Waals surface area contributed by atoms with Crippen molar-refractivity contribution in [3.63, 3.8) is 0 Å². The number of aryl methyl sites for hydroxylation is 1. The molecule has 3 aliphatic rings. The van der Waals surface area contributed by atoms with E-state index in [9.17, 15) is 9.18 Å². The standard InChI is InChI=1S/C21H23FN6O/c1-14-11-27-12-15(9-17(22)21(27)23-14)18-10-20(29)28-13-16(3-4-19(28)24-18)26-7-5-25(2)6-8-26/h3-4,9,11-13,18H,5-8,10H2,1-2H3. The second kappa shape index (κ2) is 6.81. The maximum absolute atomic E-state index is 14.5. The molecule has 0 aliphatic carbocycles. The molecule has 8 heteroatoms. The van der Waals surface area contributed by atoms with Gasteiger partial charge in [0.05, 0.1) is 23.9 Å². The van der Waals surface area contributed by atoms with Crippen LogP contribution in [0.4, 0.5) is 4.39 Å². The predicted octanol–water partition coefficient (Wildman–Crippen LogP) is 2.11. The monoisotopic (exact) mass is 394 g/mol. The molecular formula is C21H23FN6O. The van der Waals surface area contributed by atoms with Crippen molar-refractivity contribution in [2.45, 2.75) is 19.4 Å². The van der Waals surface area contributed by atoms with Gasteiger partial charge in [0, 0.05) is 44.8 Å².